The molecule has 0 radical (unpaired) electrons. The Hall–Kier alpha value is -4.40. The Morgan fingerprint density at radius 2 is 1.75 bits per heavy atom. The van der Waals surface area contributed by atoms with Crippen molar-refractivity contribution in [2.75, 3.05) is 32.8 Å². The summed E-state index contributed by atoms with van der Waals surface area (Å²) in [7, 11) is 0. The first-order chi connectivity index (χ1) is 26.8. The lowest BCUT2D eigenvalue weighted by Crippen LogP contribution is -2.68. The number of benzene rings is 1. The standard InChI is InChI=1S/C40H46F6N4O6S/c1-4-9-30-38(56-26-22-32(57-24-26)40(44,45)46,13-8-18-50(30)34(53)33-28(39(41,42)43)11-7-17-48-33)35(54)49-19-14-37(25-47,15-20-49)27-10-5-6-12-29(27)55-21-16-36(2,3)31(52)23-51/h5-7,10-12,17,22,24,30-31,51-52H,4,8-9,13-16,18-21,23H2,1-3H3/t30-,31?,38+/m1/s1. The highest BCUT2D eigenvalue weighted by Crippen LogP contribution is 2.45. The van der Waals surface area contributed by atoms with Gasteiger partial charge in [-0.25, -0.2) is 0 Å². The Morgan fingerprint density at radius 1 is 1.05 bits per heavy atom. The van der Waals surface area contributed by atoms with E-state index >= 15 is 4.79 Å². The molecule has 0 spiro atoms. The van der Waals surface area contributed by atoms with Gasteiger partial charge in [0.15, 0.2) is 0 Å². The molecule has 0 aliphatic carbocycles. The SMILES string of the molecule is CCC[C@H]1N(C(=O)c2ncccc2C(F)(F)F)CCC[C@@]1(Oc1csc(C(F)(F)F)c1)C(=O)N1CCC(C#N)(c2ccccc2OCCC(C)(C)C(O)CO)CC1. The van der Waals surface area contributed by atoms with Crippen LogP contribution in [0.15, 0.2) is 54.0 Å². The molecule has 3 atom stereocenters. The predicted molar refractivity (Wildman–Crippen MR) is 197 cm³/mol. The van der Waals surface area contributed by atoms with Gasteiger partial charge in [0.05, 0.1) is 42.4 Å². The van der Waals surface area contributed by atoms with Crippen molar-refractivity contribution in [1.82, 2.24) is 14.8 Å². The number of pyridine rings is 1. The molecule has 2 amide bonds. The van der Waals surface area contributed by atoms with Gasteiger partial charge in [-0.15, -0.1) is 11.3 Å². The molecule has 4 heterocycles. The first kappa shape index (κ1) is 43.7. The van der Waals surface area contributed by atoms with Crippen LogP contribution in [0, 0.1) is 16.7 Å². The van der Waals surface area contributed by atoms with E-state index in [0.29, 0.717) is 35.5 Å². The number of para-hydroxylation sites is 1. The van der Waals surface area contributed by atoms with E-state index in [4.69, 9.17) is 9.47 Å². The molecule has 2 fully saturated rings. The number of halogens is 6. The monoisotopic (exact) mass is 824 g/mol. The number of aromatic nitrogens is 1. The molecule has 10 nitrogen and oxygen atoms in total. The zero-order chi connectivity index (χ0) is 41.8. The van der Waals surface area contributed by atoms with Crippen LogP contribution >= 0.6 is 11.3 Å². The number of alkyl halides is 6. The smallest absolute Gasteiger partial charge is 0.425 e. The highest BCUT2D eigenvalue weighted by atomic mass is 32.1. The molecular weight excluding hydrogens is 779 g/mol. The third-order valence-electron chi connectivity index (χ3n) is 11.1. The largest absolute Gasteiger partial charge is 0.493 e. The number of piperidine rings is 2. The van der Waals surface area contributed by atoms with E-state index in [1.807, 2.05) is 0 Å². The summed E-state index contributed by atoms with van der Waals surface area (Å²) < 4.78 is 95.9. The van der Waals surface area contributed by atoms with Crippen molar-refractivity contribution in [2.45, 2.75) is 101 Å². The van der Waals surface area contributed by atoms with E-state index in [2.05, 4.69) is 11.1 Å². The van der Waals surface area contributed by atoms with Crippen molar-refractivity contribution in [3.63, 3.8) is 0 Å². The summed E-state index contributed by atoms with van der Waals surface area (Å²) in [5.74, 6) is -1.58. The average Bonchev–Trinajstić information content (AvgIpc) is 3.67. The molecule has 0 bridgehead atoms. The molecular formula is C40H46F6N4O6S. The van der Waals surface area contributed by atoms with Crippen LogP contribution in [0.5, 0.6) is 11.5 Å². The number of rotatable bonds is 13. The van der Waals surface area contributed by atoms with Gasteiger partial charge in [-0.3, -0.25) is 14.6 Å². The van der Waals surface area contributed by atoms with E-state index in [1.54, 1.807) is 45.0 Å². The Kier molecular flexibility index (Phi) is 13.2. The maximum absolute atomic E-state index is 15.0. The molecule has 1 aromatic carbocycles. The second-order valence-corrected chi connectivity index (χ2v) is 16.1. The molecule has 5 rings (SSSR count). The maximum Gasteiger partial charge on any atom is 0.425 e. The van der Waals surface area contributed by atoms with Crippen molar-refractivity contribution in [3.8, 4) is 17.6 Å². The molecule has 17 heteroatoms. The molecule has 2 aliphatic heterocycles. The molecule has 1 unspecified atom stereocenters. The highest BCUT2D eigenvalue weighted by molar-refractivity contribution is 7.10. The second kappa shape index (κ2) is 17.2. The molecule has 2 aromatic heterocycles. The van der Waals surface area contributed by atoms with Gasteiger partial charge in [0.1, 0.15) is 22.1 Å². The molecule has 0 saturated carbocycles. The predicted octanol–water partition coefficient (Wildman–Crippen LogP) is 7.64. The fourth-order valence-corrected chi connectivity index (χ4v) is 8.38. The summed E-state index contributed by atoms with van der Waals surface area (Å²) in [5, 5.41) is 31.4. The van der Waals surface area contributed by atoms with E-state index in [0.717, 1.165) is 34.7 Å². The van der Waals surface area contributed by atoms with Crippen molar-refractivity contribution >= 4 is 23.2 Å². The van der Waals surface area contributed by atoms with Crippen LogP contribution in [0.25, 0.3) is 0 Å². The van der Waals surface area contributed by atoms with Crippen LogP contribution in [0.1, 0.15) is 92.2 Å². The number of hydrogen-bond acceptors (Lipinski definition) is 9. The van der Waals surface area contributed by atoms with Gasteiger partial charge < -0.3 is 29.5 Å². The minimum absolute atomic E-state index is 0.00422. The summed E-state index contributed by atoms with van der Waals surface area (Å²) in [6, 6.07) is 10.8. The summed E-state index contributed by atoms with van der Waals surface area (Å²) >= 11 is 0.363. The van der Waals surface area contributed by atoms with Crippen molar-refractivity contribution in [2.24, 2.45) is 5.41 Å². The normalized spacial score (nSPS) is 20.8. The minimum atomic E-state index is -4.92. The van der Waals surface area contributed by atoms with Crippen LogP contribution in [0.2, 0.25) is 0 Å². The van der Waals surface area contributed by atoms with Crippen molar-refractivity contribution < 1.29 is 55.6 Å². The topological polar surface area (TPSA) is 136 Å². The van der Waals surface area contributed by atoms with Gasteiger partial charge in [0.25, 0.3) is 11.8 Å². The zero-order valence-corrected chi connectivity index (χ0v) is 32.6. The lowest BCUT2D eigenvalue weighted by Gasteiger charge is -2.51. The zero-order valence-electron chi connectivity index (χ0n) is 31.8. The number of likely N-dealkylation sites (tertiary alicyclic amines) is 2. The number of aliphatic hydroxyl groups excluding tert-OH is 2. The number of aliphatic hydroxyl groups is 2. The number of ether oxygens (including phenoxy) is 2. The van der Waals surface area contributed by atoms with Crippen LogP contribution < -0.4 is 9.47 Å². The molecule has 57 heavy (non-hydrogen) atoms. The summed E-state index contributed by atoms with van der Waals surface area (Å²) in [6.07, 6.45) is -8.48. The Labute approximate surface area is 331 Å². The fourth-order valence-electron chi connectivity index (χ4n) is 7.70. The Morgan fingerprint density at radius 3 is 2.37 bits per heavy atom. The molecule has 310 valence electrons. The second-order valence-electron chi connectivity index (χ2n) is 15.2. The quantitative estimate of drug-likeness (QED) is 0.168. The van der Waals surface area contributed by atoms with E-state index < -0.39 is 75.5 Å². The molecule has 2 N–H and O–H groups in total. The van der Waals surface area contributed by atoms with Gasteiger partial charge in [-0.05, 0) is 55.7 Å². The molecule has 3 aromatic rings. The highest BCUT2D eigenvalue weighted by Gasteiger charge is 2.57. The lowest BCUT2D eigenvalue weighted by molar-refractivity contribution is -0.160. The van der Waals surface area contributed by atoms with Crippen LogP contribution in [0.4, 0.5) is 26.3 Å². The van der Waals surface area contributed by atoms with Crippen molar-refractivity contribution in [3.05, 3.63) is 75.7 Å². The molecule has 2 saturated heterocycles. The third kappa shape index (κ3) is 9.18. The van der Waals surface area contributed by atoms with Crippen molar-refractivity contribution in [1.29, 1.82) is 5.26 Å². The third-order valence-corrected chi connectivity index (χ3v) is 12.1. The Balaban J connectivity index is 1.48. The summed E-state index contributed by atoms with van der Waals surface area (Å²) in [5.41, 5.74) is -5.33. The van der Waals surface area contributed by atoms with Gasteiger partial charge in [0, 0.05) is 49.3 Å². The van der Waals surface area contributed by atoms with E-state index in [-0.39, 0.29) is 64.1 Å². The first-order valence-corrected chi connectivity index (χ1v) is 19.6. The molecule has 2 aliphatic rings. The number of nitrogens with zero attached hydrogens (tertiary/aromatic N) is 4. The number of carbonyl (C=O) groups excluding carboxylic acids is 2. The van der Waals surface area contributed by atoms with Gasteiger partial charge in [-0.2, -0.15) is 31.6 Å². The summed E-state index contributed by atoms with van der Waals surface area (Å²) in [4.78, 5) is 34.5. The van der Waals surface area contributed by atoms with Gasteiger partial charge in [-0.1, -0.05) is 45.4 Å². The van der Waals surface area contributed by atoms with Crippen LogP contribution in [0.3, 0.4) is 0 Å². The van der Waals surface area contributed by atoms with Gasteiger partial charge >= 0.3 is 12.4 Å². The average molecular weight is 825 g/mol. The van der Waals surface area contributed by atoms with Gasteiger partial charge in [0.2, 0.25) is 5.60 Å². The fraction of sp³-hybridized carbons (Fsp3) is 0.550. The Bertz CT molecular complexity index is 1920. The first-order valence-electron chi connectivity index (χ1n) is 18.7. The van der Waals surface area contributed by atoms with Crippen LogP contribution in [-0.2, 0) is 22.6 Å². The maximum atomic E-state index is 15.0. The number of carbonyl (C=O) groups is 2. The summed E-state index contributed by atoms with van der Waals surface area (Å²) in [6.45, 7) is 5.04. The number of nitriles is 1. The lowest BCUT2D eigenvalue weighted by atomic mass is 9.72. The van der Waals surface area contributed by atoms with E-state index in [1.165, 1.54) is 4.90 Å². The number of thiophene rings is 1. The van der Waals surface area contributed by atoms with Crippen LogP contribution in [-0.4, -0.2) is 87.4 Å². The number of amides is 2. The minimum Gasteiger partial charge on any atom is -0.493 e. The van der Waals surface area contributed by atoms with E-state index in [9.17, 15) is 46.6 Å². The number of hydrogen-bond donors (Lipinski definition) is 2.